The first-order chi connectivity index (χ1) is 10.5. The lowest BCUT2D eigenvalue weighted by molar-refractivity contribution is 0.00718. The molecule has 0 radical (unpaired) electrons. The summed E-state index contributed by atoms with van der Waals surface area (Å²) in [5.41, 5.74) is -0.540. The molecule has 2 fully saturated rings. The molecule has 0 bridgehead atoms. The van der Waals surface area contributed by atoms with Crippen LogP contribution >= 0.6 is 0 Å². The van der Waals surface area contributed by atoms with E-state index in [4.69, 9.17) is 4.74 Å². The van der Waals surface area contributed by atoms with E-state index in [1.165, 1.54) is 9.21 Å². The fourth-order valence-corrected chi connectivity index (χ4v) is 4.74. The second-order valence-electron chi connectivity index (χ2n) is 7.97. The van der Waals surface area contributed by atoms with Gasteiger partial charge in [-0.2, -0.15) is 17.4 Å². The Morgan fingerprint density at radius 2 is 1.61 bits per heavy atom. The van der Waals surface area contributed by atoms with Gasteiger partial charge in [0.15, 0.2) is 0 Å². The highest BCUT2D eigenvalue weighted by Gasteiger charge is 2.38. The smallest absolute Gasteiger partial charge is 0.410 e. The van der Waals surface area contributed by atoms with Crippen molar-refractivity contribution >= 4 is 16.3 Å². The van der Waals surface area contributed by atoms with Crippen LogP contribution < -0.4 is 4.72 Å². The van der Waals surface area contributed by atoms with E-state index in [1.54, 1.807) is 0 Å². The van der Waals surface area contributed by atoms with Crippen molar-refractivity contribution in [3.05, 3.63) is 0 Å². The molecular formula is C15H29N3O4S. The fourth-order valence-electron chi connectivity index (χ4n) is 3.12. The van der Waals surface area contributed by atoms with Crippen LogP contribution in [-0.4, -0.2) is 61.5 Å². The van der Waals surface area contributed by atoms with Gasteiger partial charge < -0.3 is 9.64 Å². The zero-order valence-corrected chi connectivity index (χ0v) is 15.5. The van der Waals surface area contributed by atoms with E-state index in [-0.39, 0.29) is 6.04 Å². The van der Waals surface area contributed by atoms with Gasteiger partial charge in [-0.25, -0.2) is 4.79 Å². The topological polar surface area (TPSA) is 79.0 Å². The van der Waals surface area contributed by atoms with Crippen LogP contribution in [0.5, 0.6) is 0 Å². The summed E-state index contributed by atoms with van der Waals surface area (Å²) in [6.07, 6.45) is 0.662. The maximum Gasteiger partial charge on any atom is 0.410 e. The van der Waals surface area contributed by atoms with Crippen molar-refractivity contribution in [3.63, 3.8) is 0 Å². The summed E-state index contributed by atoms with van der Waals surface area (Å²) in [7, 11) is -3.49. The predicted octanol–water partition coefficient (Wildman–Crippen LogP) is 1.42. The Balaban J connectivity index is 1.83. The molecule has 0 saturated carbocycles. The highest BCUT2D eigenvalue weighted by molar-refractivity contribution is 7.87. The average Bonchev–Trinajstić information content (AvgIpc) is 2.29. The largest absolute Gasteiger partial charge is 0.444 e. The molecule has 0 aromatic heterocycles. The van der Waals surface area contributed by atoms with Gasteiger partial charge in [-0.15, -0.1) is 0 Å². The van der Waals surface area contributed by atoms with E-state index >= 15 is 0 Å². The van der Waals surface area contributed by atoms with Gasteiger partial charge in [-0.1, -0.05) is 13.8 Å². The van der Waals surface area contributed by atoms with E-state index in [0.717, 1.165) is 6.42 Å². The minimum atomic E-state index is -3.49. The minimum absolute atomic E-state index is 0.236. The second kappa shape index (κ2) is 6.57. The molecule has 8 heteroatoms. The third-order valence-electron chi connectivity index (χ3n) is 4.02. The molecule has 134 valence electrons. The minimum Gasteiger partial charge on any atom is -0.444 e. The zero-order chi connectivity index (χ0) is 17.4. The number of nitrogens with zero attached hydrogens (tertiary/aromatic N) is 2. The summed E-state index contributed by atoms with van der Waals surface area (Å²) in [5.74, 6) is 0.741. The number of likely N-dealkylation sites (tertiary alicyclic amines) is 1. The summed E-state index contributed by atoms with van der Waals surface area (Å²) in [6.45, 7) is 11.4. The maximum atomic E-state index is 12.5. The van der Waals surface area contributed by atoms with Crippen molar-refractivity contribution < 1.29 is 17.9 Å². The summed E-state index contributed by atoms with van der Waals surface area (Å²) < 4.78 is 34.4. The molecule has 2 aliphatic rings. The molecule has 2 aliphatic heterocycles. The summed E-state index contributed by atoms with van der Waals surface area (Å²) in [6, 6.07) is -0.236. The van der Waals surface area contributed by atoms with Gasteiger partial charge >= 0.3 is 6.09 Å². The molecule has 0 spiro atoms. The molecule has 0 aromatic rings. The standard InChI is InChI=1S/C15H29N3O4S/c1-11-6-12(2)8-18(7-11)23(20,21)16-13-9-17(10-13)14(19)22-15(3,4)5/h11-13,16H,6-10H2,1-5H3/t11-,12+. The molecule has 0 unspecified atom stereocenters. The number of hydrogen-bond acceptors (Lipinski definition) is 4. The average molecular weight is 347 g/mol. The van der Waals surface area contributed by atoms with Crippen LogP contribution in [0.2, 0.25) is 0 Å². The zero-order valence-electron chi connectivity index (χ0n) is 14.7. The first-order valence-electron chi connectivity index (χ1n) is 8.21. The quantitative estimate of drug-likeness (QED) is 0.837. The number of nitrogens with one attached hydrogen (secondary N) is 1. The van der Waals surface area contributed by atoms with E-state index in [0.29, 0.717) is 38.0 Å². The monoisotopic (exact) mass is 347 g/mol. The lowest BCUT2D eigenvalue weighted by atomic mass is 9.94. The Bertz CT molecular complexity index is 527. The molecule has 0 aliphatic carbocycles. The molecule has 2 rings (SSSR count). The third-order valence-corrected chi connectivity index (χ3v) is 5.63. The molecule has 1 N–H and O–H groups in total. The first kappa shape index (κ1) is 18.5. The summed E-state index contributed by atoms with van der Waals surface area (Å²) in [4.78, 5) is 13.4. The number of amides is 1. The predicted molar refractivity (Wildman–Crippen MR) is 88.2 cm³/mol. The molecule has 0 aromatic carbocycles. The van der Waals surface area contributed by atoms with E-state index < -0.39 is 21.9 Å². The van der Waals surface area contributed by atoms with Crippen molar-refractivity contribution in [2.45, 2.75) is 52.7 Å². The lowest BCUT2D eigenvalue weighted by Crippen LogP contribution is -2.63. The number of carbonyl (C=O) groups excluding carboxylic acids is 1. The van der Waals surface area contributed by atoms with Gasteiger partial charge in [0.25, 0.3) is 10.2 Å². The first-order valence-corrected chi connectivity index (χ1v) is 9.65. The van der Waals surface area contributed by atoms with Crippen LogP contribution in [0.15, 0.2) is 0 Å². The van der Waals surface area contributed by atoms with Gasteiger partial charge in [0.05, 0.1) is 6.04 Å². The van der Waals surface area contributed by atoms with Crippen molar-refractivity contribution in [1.29, 1.82) is 0 Å². The van der Waals surface area contributed by atoms with Gasteiger partial charge in [0, 0.05) is 26.2 Å². The van der Waals surface area contributed by atoms with E-state index in [9.17, 15) is 13.2 Å². The Kier molecular flexibility index (Phi) is 5.27. The molecule has 2 saturated heterocycles. The van der Waals surface area contributed by atoms with Crippen LogP contribution in [0.25, 0.3) is 0 Å². The highest BCUT2D eigenvalue weighted by atomic mass is 32.2. The Morgan fingerprint density at radius 1 is 1.09 bits per heavy atom. The maximum absolute atomic E-state index is 12.5. The van der Waals surface area contributed by atoms with Crippen LogP contribution in [0.3, 0.4) is 0 Å². The van der Waals surface area contributed by atoms with Crippen LogP contribution in [0.1, 0.15) is 41.0 Å². The van der Waals surface area contributed by atoms with Gasteiger partial charge in [-0.3, -0.25) is 0 Å². The highest BCUT2D eigenvalue weighted by Crippen LogP contribution is 2.23. The van der Waals surface area contributed by atoms with E-state index in [1.807, 2.05) is 20.8 Å². The van der Waals surface area contributed by atoms with E-state index in [2.05, 4.69) is 18.6 Å². The summed E-state index contributed by atoms with van der Waals surface area (Å²) >= 11 is 0. The molecule has 7 nitrogen and oxygen atoms in total. The normalized spacial score (nSPS) is 27.6. The van der Waals surface area contributed by atoms with Gasteiger partial charge in [-0.05, 0) is 39.0 Å². The Labute approximate surface area is 139 Å². The summed E-state index contributed by atoms with van der Waals surface area (Å²) in [5, 5.41) is 0. The second-order valence-corrected chi connectivity index (χ2v) is 9.67. The van der Waals surface area contributed by atoms with Crippen LogP contribution in [0, 0.1) is 11.8 Å². The van der Waals surface area contributed by atoms with Crippen molar-refractivity contribution in [2.75, 3.05) is 26.2 Å². The van der Waals surface area contributed by atoms with Crippen LogP contribution in [-0.2, 0) is 14.9 Å². The van der Waals surface area contributed by atoms with Crippen molar-refractivity contribution in [3.8, 4) is 0 Å². The molecule has 1 amide bonds. The third kappa shape index (κ3) is 5.06. The number of ether oxygens (including phenoxy) is 1. The Morgan fingerprint density at radius 3 is 2.09 bits per heavy atom. The van der Waals surface area contributed by atoms with Crippen LogP contribution in [0.4, 0.5) is 4.79 Å². The molecular weight excluding hydrogens is 318 g/mol. The number of carbonyl (C=O) groups is 1. The molecule has 2 atom stereocenters. The van der Waals surface area contributed by atoms with Gasteiger partial charge in [0.2, 0.25) is 0 Å². The van der Waals surface area contributed by atoms with Crippen molar-refractivity contribution in [2.24, 2.45) is 11.8 Å². The Hall–Kier alpha value is -0.860. The van der Waals surface area contributed by atoms with Gasteiger partial charge in [0.1, 0.15) is 5.60 Å². The molecule has 23 heavy (non-hydrogen) atoms. The lowest BCUT2D eigenvalue weighted by Gasteiger charge is -2.41. The molecule has 2 heterocycles. The number of piperidine rings is 1. The SMILES string of the molecule is C[C@@H]1C[C@H](C)CN(S(=O)(=O)NC2CN(C(=O)OC(C)(C)C)C2)C1. The fraction of sp³-hybridized carbons (Fsp3) is 0.933. The number of rotatable bonds is 3. The van der Waals surface area contributed by atoms with Crippen molar-refractivity contribution in [1.82, 2.24) is 13.9 Å². The number of hydrogen-bond donors (Lipinski definition) is 1.